The van der Waals surface area contributed by atoms with Crippen LogP contribution in [0.2, 0.25) is 0 Å². The molecule has 2 aliphatic carbocycles. The Morgan fingerprint density at radius 2 is 1.81 bits per heavy atom. The molecule has 0 radical (unpaired) electrons. The quantitative estimate of drug-likeness (QED) is 0.871. The third-order valence-corrected chi connectivity index (χ3v) is 6.89. The van der Waals surface area contributed by atoms with Gasteiger partial charge in [-0.2, -0.15) is 0 Å². The molecule has 1 amide bonds. The molecular weight excluding hydrogens is 324 g/mol. The fraction of sp³-hybridized carbons (Fsp3) is 0.667. The topological polar surface area (TPSA) is 52.8 Å². The first-order valence-electron chi connectivity index (χ1n) is 10.2. The minimum absolute atomic E-state index is 0.0775. The van der Waals surface area contributed by atoms with Crippen LogP contribution in [0.15, 0.2) is 30.3 Å². The van der Waals surface area contributed by atoms with Crippen molar-refractivity contribution in [1.29, 1.82) is 0 Å². The Balaban J connectivity index is 1.23. The van der Waals surface area contributed by atoms with Crippen LogP contribution < -0.4 is 10.6 Å². The summed E-state index contributed by atoms with van der Waals surface area (Å²) >= 11 is 0. The summed E-state index contributed by atoms with van der Waals surface area (Å²) in [4.78, 5) is 19.7. The normalized spacial score (nSPS) is 31.4. The summed E-state index contributed by atoms with van der Waals surface area (Å²) in [6.07, 6.45) is 3.60. The Bertz CT molecular complexity index is 612. The van der Waals surface area contributed by atoms with E-state index in [1.165, 1.54) is 24.9 Å². The molecule has 142 valence electrons. The van der Waals surface area contributed by atoms with Crippen LogP contribution in [0.4, 0.5) is 5.69 Å². The van der Waals surface area contributed by atoms with E-state index in [1.54, 1.807) is 0 Å². The summed E-state index contributed by atoms with van der Waals surface area (Å²) in [5.41, 5.74) is 7.66. The van der Waals surface area contributed by atoms with Crippen LogP contribution in [0.3, 0.4) is 0 Å². The maximum absolute atomic E-state index is 12.9. The van der Waals surface area contributed by atoms with E-state index in [-0.39, 0.29) is 17.9 Å². The Hall–Kier alpha value is -1.59. The lowest BCUT2D eigenvalue weighted by Gasteiger charge is -2.37. The molecule has 2 N–H and O–H groups in total. The number of fused-ring (bicyclic) bond motifs is 2. The van der Waals surface area contributed by atoms with Crippen LogP contribution in [0.1, 0.15) is 19.3 Å². The molecule has 1 saturated heterocycles. The SMILES string of the molecule is CN(CCN1CCN(c2ccccc2)CC1)C(=O)C1C2CCC(C2)C1N. The van der Waals surface area contributed by atoms with Crippen LogP contribution >= 0.6 is 0 Å². The second-order valence-corrected chi connectivity index (χ2v) is 8.36. The molecule has 26 heavy (non-hydrogen) atoms. The number of piperazine rings is 1. The van der Waals surface area contributed by atoms with Gasteiger partial charge in [-0.25, -0.2) is 0 Å². The van der Waals surface area contributed by atoms with E-state index in [4.69, 9.17) is 5.73 Å². The van der Waals surface area contributed by atoms with E-state index in [1.807, 2.05) is 11.9 Å². The number of amides is 1. The number of para-hydroxylation sites is 1. The van der Waals surface area contributed by atoms with Crippen molar-refractivity contribution >= 4 is 11.6 Å². The van der Waals surface area contributed by atoms with E-state index < -0.39 is 0 Å². The number of likely N-dealkylation sites (N-methyl/N-ethyl adjacent to an activating group) is 1. The van der Waals surface area contributed by atoms with E-state index >= 15 is 0 Å². The second-order valence-electron chi connectivity index (χ2n) is 8.36. The van der Waals surface area contributed by atoms with Gasteiger partial charge in [0, 0.05) is 58.0 Å². The summed E-state index contributed by atoms with van der Waals surface area (Å²) in [5.74, 6) is 1.49. The highest BCUT2D eigenvalue weighted by atomic mass is 16.2. The zero-order valence-electron chi connectivity index (χ0n) is 15.9. The lowest BCUT2D eigenvalue weighted by molar-refractivity contribution is -0.136. The Kier molecular flexibility index (Phi) is 5.18. The first kappa shape index (κ1) is 17.8. The van der Waals surface area contributed by atoms with Crippen LogP contribution in [-0.2, 0) is 4.79 Å². The predicted molar refractivity (Wildman–Crippen MR) is 105 cm³/mol. The molecular formula is C21H32N4O. The predicted octanol–water partition coefficient (Wildman–Crippen LogP) is 1.64. The number of carbonyl (C=O) groups excluding carboxylic acids is 1. The average Bonchev–Trinajstić information content (AvgIpc) is 3.28. The molecule has 0 aromatic heterocycles. The summed E-state index contributed by atoms with van der Waals surface area (Å²) in [6.45, 7) is 6.00. The summed E-state index contributed by atoms with van der Waals surface area (Å²) < 4.78 is 0. The van der Waals surface area contributed by atoms with Gasteiger partial charge in [0.25, 0.3) is 0 Å². The lowest BCUT2D eigenvalue weighted by atomic mass is 9.84. The van der Waals surface area contributed by atoms with E-state index in [0.717, 1.165) is 39.3 Å². The van der Waals surface area contributed by atoms with Crippen molar-refractivity contribution in [3.63, 3.8) is 0 Å². The number of hydrogen-bond acceptors (Lipinski definition) is 4. The minimum atomic E-state index is 0.0775. The van der Waals surface area contributed by atoms with Crippen LogP contribution in [0.25, 0.3) is 0 Å². The number of rotatable bonds is 5. The van der Waals surface area contributed by atoms with Gasteiger partial charge in [-0.1, -0.05) is 18.2 Å². The molecule has 4 rings (SSSR count). The smallest absolute Gasteiger partial charge is 0.227 e. The maximum Gasteiger partial charge on any atom is 0.227 e. The Morgan fingerprint density at radius 3 is 2.46 bits per heavy atom. The minimum Gasteiger partial charge on any atom is -0.369 e. The molecule has 5 nitrogen and oxygen atoms in total. The summed E-state index contributed by atoms with van der Waals surface area (Å²) in [6, 6.07) is 10.7. The molecule has 4 atom stereocenters. The first-order valence-corrected chi connectivity index (χ1v) is 10.2. The van der Waals surface area contributed by atoms with E-state index in [0.29, 0.717) is 11.8 Å². The molecule has 4 unspecified atom stereocenters. The van der Waals surface area contributed by atoms with Crippen molar-refractivity contribution in [2.24, 2.45) is 23.5 Å². The number of hydrogen-bond donors (Lipinski definition) is 1. The van der Waals surface area contributed by atoms with Gasteiger partial charge in [-0.3, -0.25) is 9.69 Å². The number of nitrogens with two attached hydrogens (primary N) is 1. The van der Waals surface area contributed by atoms with Gasteiger partial charge < -0.3 is 15.5 Å². The van der Waals surface area contributed by atoms with Crippen LogP contribution in [-0.4, -0.2) is 68.1 Å². The summed E-state index contributed by atoms with van der Waals surface area (Å²) in [7, 11) is 1.96. The van der Waals surface area contributed by atoms with Gasteiger partial charge in [0.15, 0.2) is 0 Å². The van der Waals surface area contributed by atoms with Crippen molar-refractivity contribution in [2.45, 2.75) is 25.3 Å². The zero-order valence-corrected chi connectivity index (χ0v) is 15.9. The highest BCUT2D eigenvalue weighted by Gasteiger charge is 2.49. The average molecular weight is 357 g/mol. The van der Waals surface area contributed by atoms with E-state index in [2.05, 4.69) is 40.1 Å². The fourth-order valence-corrected chi connectivity index (χ4v) is 5.23. The maximum atomic E-state index is 12.9. The van der Waals surface area contributed by atoms with Gasteiger partial charge in [0.05, 0.1) is 5.92 Å². The molecule has 5 heteroatoms. The summed E-state index contributed by atoms with van der Waals surface area (Å²) in [5, 5.41) is 0. The number of benzene rings is 1. The lowest BCUT2D eigenvalue weighted by Crippen LogP contribution is -2.50. The standard InChI is InChI=1S/C21H32N4O/c1-23(21(26)19-16-7-8-17(15-16)20(19)22)9-10-24-11-13-25(14-12-24)18-5-3-2-4-6-18/h2-6,16-17,19-20H,7-15,22H2,1H3. The molecule has 1 aromatic rings. The molecule has 1 aliphatic heterocycles. The van der Waals surface area contributed by atoms with Crippen molar-refractivity contribution in [1.82, 2.24) is 9.80 Å². The monoisotopic (exact) mass is 356 g/mol. The van der Waals surface area contributed by atoms with Crippen molar-refractivity contribution in [3.8, 4) is 0 Å². The molecule has 1 heterocycles. The molecule has 0 spiro atoms. The molecule has 3 aliphatic rings. The van der Waals surface area contributed by atoms with Gasteiger partial charge in [0.2, 0.25) is 5.91 Å². The second kappa shape index (κ2) is 7.57. The third kappa shape index (κ3) is 3.47. The van der Waals surface area contributed by atoms with Gasteiger partial charge >= 0.3 is 0 Å². The fourth-order valence-electron chi connectivity index (χ4n) is 5.23. The largest absolute Gasteiger partial charge is 0.369 e. The Morgan fingerprint density at radius 1 is 1.12 bits per heavy atom. The highest BCUT2D eigenvalue weighted by Crippen LogP contribution is 2.48. The molecule has 3 fully saturated rings. The number of anilines is 1. The van der Waals surface area contributed by atoms with Crippen molar-refractivity contribution < 1.29 is 4.79 Å². The third-order valence-electron chi connectivity index (χ3n) is 6.89. The van der Waals surface area contributed by atoms with Gasteiger partial charge in [0.1, 0.15) is 0 Å². The first-order chi connectivity index (χ1) is 12.6. The highest BCUT2D eigenvalue weighted by molar-refractivity contribution is 5.80. The molecule has 2 bridgehead atoms. The molecule has 2 saturated carbocycles. The van der Waals surface area contributed by atoms with Crippen molar-refractivity contribution in [3.05, 3.63) is 30.3 Å². The molecule has 1 aromatic carbocycles. The Labute approximate surface area is 157 Å². The zero-order chi connectivity index (χ0) is 18.1. The van der Waals surface area contributed by atoms with Crippen LogP contribution in [0.5, 0.6) is 0 Å². The van der Waals surface area contributed by atoms with Gasteiger partial charge in [-0.05, 0) is 43.2 Å². The number of carbonyl (C=O) groups is 1. The number of nitrogens with zero attached hydrogens (tertiary/aromatic N) is 3. The van der Waals surface area contributed by atoms with Gasteiger partial charge in [-0.15, -0.1) is 0 Å². The van der Waals surface area contributed by atoms with Crippen LogP contribution in [0, 0.1) is 17.8 Å². The van der Waals surface area contributed by atoms with E-state index in [9.17, 15) is 4.79 Å². The van der Waals surface area contributed by atoms with Crippen molar-refractivity contribution in [2.75, 3.05) is 51.2 Å².